The molecule has 0 radical (unpaired) electrons. The molecule has 0 aromatic heterocycles. The predicted octanol–water partition coefficient (Wildman–Crippen LogP) is 2.16. The third-order valence-electron chi connectivity index (χ3n) is 4.48. The lowest BCUT2D eigenvalue weighted by Gasteiger charge is -2.38. The number of hydrogen-bond acceptors (Lipinski definition) is 3. The van der Waals surface area contributed by atoms with Crippen molar-refractivity contribution in [2.45, 2.75) is 33.0 Å². The van der Waals surface area contributed by atoms with Gasteiger partial charge in [0.25, 0.3) is 0 Å². The molecule has 1 aromatic rings. The molecule has 0 amide bonds. The zero-order chi connectivity index (χ0) is 13.4. The van der Waals surface area contributed by atoms with Crippen molar-refractivity contribution in [2.75, 3.05) is 38.1 Å². The van der Waals surface area contributed by atoms with Crippen molar-refractivity contribution in [3.8, 4) is 0 Å². The molecule has 0 bridgehead atoms. The molecule has 1 fully saturated rings. The first-order chi connectivity index (χ1) is 9.13. The highest BCUT2D eigenvalue weighted by molar-refractivity contribution is 5.52. The number of hydrogen-bond donors (Lipinski definition) is 0. The van der Waals surface area contributed by atoms with Gasteiger partial charge in [-0.05, 0) is 44.2 Å². The standard InChI is InChI=1S/C16H25N3/c1-13(2)18-6-8-19(9-7-18)16-5-4-14-11-17(3)12-15(14)10-16/h4-5,10,13H,6-9,11-12H2,1-3H3. The maximum absolute atomic E-state index is 2.57. The average Bonchev–Trinajstić information content (AvgIpc) is 2.77. The van der Waals surface area contributed by atoms with E-state index in [9.17, 15) is 0 Å². The fraction of sp³-hybridized carbons (Fsp3) is 0.625. The minimum Gasteiger partial charge on any atom is -0.369 e. The van der Waals surface area contributed by atoms with Crippen LogP contribution in [-0.2, 0) is 13.1 Å². The van der Waals surface area contributed by atoms with Crippen molar-refractivity contribution in [3.05, 3.63) is 29.3 Å². The monoisotopic (exact) mass is 259 g/mol. The largest absolute Gasteiger partial charge is 0.369 e. The number of benzene rings is 1. The highest BCUT2D eigenvalue weighted by atomic mass is 15.3. The minimum absolute atomic E-state index is 0.677. The first-order valence-electron chi connectivity index (χ1n) is 7.43. The van der Waals surface area contributed by atoms with Crippen LogP contribution in [0.25, 0.3) is 0 Å². The predicted molar refractivity (Wildman–Crippen MR) is 80.5 cm³/mol. The molecule has 2 heterocycles. The van der Waals surface area contributed by atoms with Gasteiger partial charge in [-0.1, -0.05) is 6.07 Å². The summed E-state index contributed by atoms with van der Waals surface area (Å²) in [6, 6.07) is 7.71. The van der Waals surface area contributed by atoms with Gasteiger partial charge >= 0.3 is 0 Å². The van der Waals surface area contributed by atoms with Crippen molar-refractivity contribution in [1.82, 2.24) is 9.80 Å². The molecule has 104 valence electrons. The van der Waals surface area contributed by atoms with Crippen LogP contribution in [0.5, 0.6) is 0 Å². The van der Waals surface area contributed by atoms with Gasteiger partial charge in [0.2, 0.25) is 0 Å². The first-order valence-corrected chi connectivity index (χ1v) is 7.43. The molecule has 2 aliphatic heterocycles. The molecule has 1 saturated heterocycles. The van der Waals surface area contributed by atoms with E-state index in [4.69, 9.17) is 0 Å². The van der Waals surface area contributed by atoms with Crippen LogP contribution >= 0.6 is 0 Å². The second kappa shape index (κ2) is 5.14. The Bertz CT molecular complexity index is 447. The third kappa shape index (κ3) is 2.63. The maximum atomic E-state index is 2.57. The van der Waals surface area contributed by atoms with Gasteiger partial charge in [0.15, 0.2) is 0 Å². The topological polar surface area (TPSA) is 9.72 Å². The summed E-state index contributed by atoms with van der Waals surface area (Å²) in [6.07, 6.45) is 0. The van der Waals surface area contributed by atoms with Crippen LogP contribution in [0, 0.1) is 0 Å². The molecule has 1 aromatic carbocycles. The summed E-state index contributed by atoms with van der Waals surface area (Å²) in [5.74, 6) is 0. The second-order valence-electron chi connectivity index (χ2n) is 6.24. The van der Waals surface area contributed by atoms with Crippen LogP contribution < -0.4 is 4.90 Å². The molecule has 0 spiro atoms. The molecule has 3 rings (SSSR count). The van der Waals surface area contributed by atoms with Crippen LogP contribution in [0.1, 0.15) is 25.0 Å². The fourth-order valence-electron chi connectivity index (χ4n) is 3.24. The third-order valence-corrected chi connectivity index (χ3v) is 4.48. The molecule has 3 nitrogen and oxygen atoms in total. The number of piperazine rings is 1. The summed E-state index contributed by atoms with van der Waals surface area (Å²) >= 11 is 0. The van der Waals surface area contributed by atoms with Gasteiger partial charge in [-0.3, -0.25) is 9.80 Å². The van der Waals surface area contributed by atoms with Crippen molar-refractivity contribution < 1.29 is 0 Å². The van der Waals surface area contributed by atoms with Crippen LogP contribution in [0.15, 0.2) is 18.2 Å². The molecule has 3 heteroatoms. The Morgan fingerprint density at radius 2 is 1.63 bits per heavy atom. The lowest BCUT2D eigenvalue weighted by Crippen LogP contribution is -2.48. The van der Waals surface area contributed by atoms with Gasteiger partial charge in [-0.15, -0.1) is 0 Å². The highest BCUT2D eigenvalue weighted by Crippen LogP contribution is 2.27. The van der Waals surface area contributed by atoms with E-state index in [0.29, 0.717) is 6.04 Å². The summed E-state index contributed by atoms with van der Waals surface area (Å²) in [5, 5.41) is 0. The minimum atomic E-state index is 0.677. The summed E-state index contributed by atoms with van der Waals surface area (Å²) in [4.78, 5) is 7.49. The summed E-state index contributed by atoms with van der Waals surface area (Å²) in [7, 11) is 2.20. The van der Waals surface area contributed by atoms with Crippen molar-refractivity contribution >= 4 is 5.69 Å². The van der Waals surface area contributed by atoms with Crippen LogP contribution in [0.3, 0.4) is 0 Å². The first kappa shape index (κ1) is 12.9. The zero-order valence-corrected chi connectivity index (χ0v) is 12.4. The van der Waals surface area contributed by atoms with E-state index in [2.05, 4.69) is 53.8 Å². The van der Waals surface area contributed by atoms with Crippen LogP contribution in [0.2, 0.25) is 0 Å². The van der Waals surface area contributed by atoms with Gasteiger partial charge in [0.05, 0.1) is 0 Å². The molecule has 19 heavy (non-hydrogen) atoms. The maximum Gasteiger partial charge on any atom is 0.0370 e. The molecule has 0 unspecified atom stereocenters. The van der Waals surface area contributed by atoms with E-state index in [0.717, 1.165) is 26.2 Å². The second-order valence-corrected chi connectivity index (χ2v) is 6.24. The van der Waals surface area contributed by atoms with E-state index in [-0.39, 0.29) is 0 Å². The van der Waals surface area contributed by atoms with Crippen molar-refractivity contribution in [3.63, 3.8) is 0 Å². The Morgan fingerprint density at radius 3 is 2.32 bits per heavy atom. The van der Waals surface area contributed by atoms with E-state index >= 15 is 0 Å². The molecule has 0 N–H and O–H groups in total. The van der Waals surface area contributed by atoms with E-state index in [1.807, 2.05) is 0 Å². The summed E-state index contributed by atoms with van der Waals surface area (Å²) in [5.41, 5.74) is 4.44. The number of fused-ring (bicyclic) bond motifs is 1. The van der Waals surface area contributed by atoms with Crippen LogP contribution in [0.4, 0.5) is 5.69 Å². The highest BCUT2D eigenvalue weighted by Gasteiger charge is 2.21. The summed E-state index contributed by atoms with van der Waals surface area (Å²) in [6.45, 7) is 11.5. The van der Waals surface area contributed by atoms with Gasteiger partial charge < -0.3 is 4.90 Å². The van der Waals surface area contributed by atoms with E-state index in [1.165, 1.54) is 29.9 Å². The van der Waals surface area contributed by atoms with Crippen molar-refractivity contribution in [2.24, 2.45) is 0 Å². The molecule has 0 saturated carbocycles. The van der Waals surface area contributed by atoms with Gasteiger partial charge in [-0.2, -0.15) is 0 Å². The van der Waals surface area contributed by atoms with Crippen LogP contribution in [-0.4, -0.2) is 49.1 Å². The molecule has 0 aliphatic carbocycles. The van der Waals surface area contributed by atoms with Gasteiger partial charge in [0.1, 0.15) is 0 Å². The molecule has 2 aliphatic rings. The number of nitrogens with zero attached hydrogens (tertiary/aromatic N) is 3. The Morgan fingerprint density at radius 1 is 0.947 bits per heavy atom. The Kier molecular flexibility index (Phi) is 3.50. The lowest BCUT2D eigenvalue weighted by molar-refractivity contribution is 0.209. The number of anilines is 1. The average molecular weight is 259 g/mol. The fourth-order valence-corrected chi connectivity index (χ4v) is 3.24. The van der Waals surface area contributed by atoms with E-state index < -0.39 is 0 Å². The number of rotatable bonds is 2. The van der Waals surface area contributed by atoms with Crippen molar-refractivity contribution in [1.29, 1.82) is 0 Å². The Hall–Kier alpha value is -1.06. The lowest BCUT2D eigenvalue weighted by atomic mass is 10.1. The SMILES string of the molecule is CC(C)N1CCN(c2ccc3c(c2)CN(C)C3)CC1. The normalized spacial score (nSPS) is 21.2. The quantitative estimate of drug-likeness (QED) is 0.806. The van der Waals surface area contributed by atoms with Gasteiger partial charge in [0, 0.05) is 51.0 Å². The van der Waals surface area contributed by atoms with Gasteiger partial charge in [-0.25, -0.2) is 0 Å². The summed E-state index contributed by atoms with van der Waals surface area (Å²) < 4.78 is 0. The Balaban J connectivity index is 1.69. The Labute approximate surface area is 116 Å². The smallest absolute Gasteiger partial charge is 0.0370 e. The van der Waals surface area contributed by atoms with E-state index in [1.54, 1.807) is 0 Å². The molecule has 0 atom stereocenters. The molecular weight excluding hydrogens is 234 g/mol. The molecular formula is C16H25N3. The zero-order valence-electron chi connectivity index (χ0n) is 12.4.